The van der Waals surface area contributed by atoms with Crippen molar-refractivity contribution in [2.75, 3.05) is 10.8 Å². The number of anilines is 1. The topological polar surface area (TPSA) is 86.8 Å². The van der Waals surface area contributed by atoms with E-state index in [4.69, 9.17) is 0 Å². The van der Waals surface area contributed by atoms with Gasteiger partial charge in [0.1, 0.15) is 12.6 Å². The van der Waals surface area contributed by atoms with E-state index in [9.17, 15) is 31.2 Å². The Morgan fingerprint density at radius 3 is 2.12 bits per heavy atom. The number of carbonyl (C=O) groups excluding carboxylic acids is 2. The first-order chi connectivity index (χ1) is 19.6. The first-order valence-corrected chi connectivity index (χ1v) is 15.0. The molecule has 0 radical (unpaired) electrons. The van der Waals surface area contributed by atoms with Crippen LogP contribution in [0, 0.1) is 13.8 Å². The molecule has 2 amide bonds. The number of halogens is 3. The van der Waals surface area contributed by atoms with Gasteiger partial charge in [-0.05, 0) is 70.0 Å². The van der Waals surface area contributed by atoms with E-state index in [1.807, 2.05) is 19.1 Å². The standard InChI is InChI=1S/C31H36F3N3O4S/c1-6-28(30(39)35-21(2)3)36(19-24-10-7-9-23(5)17-24)29(38)20-37(26-12-8-11-25(18-26)31(32,33)34)42(40,41)27-15-13-22(4)14-16-27/h7-18,21,28H,6,19-20H2,1-5H3,(H,35,39). The third kappa shape index (κ3) is 8.12. The second kappa shape index (κ2) is 13.4. The third-order valence-corrected chi connectivity index (χ3v) is 8.39. The van der Waals surface area contributed by atoms with Crippen molar-refractivity contribution in [2.24, 2.45) is 0 Å². The minimum absolute atomic E-state index is 0.00839. The van der Waals surface area contributed by atoms with Crippen LogP contribution in [0.25, 0.3) is 0 Å². The lowest BCUT2D eigenvalue weighted by Crippen LogP contribution is -2.53. The number of benzene rings is 3. The fourth-order valence-corrected chi connectivity index (χ4v) is 5.92. The number of sulfonamides is 1. The normalized spacial score (nSPS) is 12.6. The van der Waals surface area contributed by atoms with E-state index in [2.05, 4.69) is 5.32 Å². The molecule has 0 aliphatic rings. The van der Waals surface area contributed by atoms with Gasteiger partial charge in [-0.3, -0.25) is 13.9 Å². The Hall–Kier alpha value is -3.86. The van der Waals surface area contributed by atoms with Crippen LogP contribution in [0.5, 0.6) is 0 Å². The molecule has 226 valence electrons. The maximum Gasteiger partial charge on any atom is 0.416 e. The molecule has 0 spiro atoms. The molecule has 0 saturated heterocycles. The molecule has 1 unspecified atom stereocenters. The van der Waals surface area contributed by atoms with Crippen molar-refractivity contribution < 1.29 is 31.2 Å². The summed E-state index contributed by atoms with van der Waals surface area (Å²) in [5, 5.41) is 2.81. The highest BCUT2D eigenvalue weighted by atomic mass is 32.2. The molecule has 0 saturated carbocycles. The number of hydrogen-bond donors (Lipinski definition) is 1. The summed E-state index contributed by atoms with van der Waals surface area (Å²) in [6.45, 7) is 8.10. The molecule has 0 heterocycles. The Labute approximate surface area is 245 Å². The number of rotatable bonds is 11. The average molecular weight is 604 g/mol. The predicted molar refractivity (Wildman–Crippen MR) is 156 cm³/mol. The van der Waals surface area contributed by atoms with Crippen molar-refractivity contribution in [3.05, 3.63) is 95.1 Å². The molecule has 7 nitrogen and oxygen atoms in total. The molecule has 3 aromatic carbocycles. The summed E-state index contributed by atoms with van der Waals surface area (Å²) in [4.78, 5) is 28.3. The van der Waals surface area contributed by atoms with Crippen molar-refractivity contribution in [1.82, 2.24) is 10.2 Å². The van der Waals surface area contributed by atoms with Gasteiger partial charge in [-0.25, -0.2) is 8.42 Å². The number of nitrogens with one attached hydrogen (secondary N) is 1. The van der Waals surface area contributed by atoms with Gasteiger partial charge in [-0.1, -0.05) is 60.5 Å². The smallest absolute Gasteiger partial charge is 0.352 e. The summed E-state index contributed by atoms with van der Waals surface area (Å²) in [5.41, 5.74) is 1.03. The second-order valence-electron chi connectivity index (χ2n) is 10.5. The molecule has 0 fully saturated rings. The Bertz CT molecular complexity index is 1510. The van der Waals surface area contributed by atoms with Gasteiger partial charge in [-0.2, -0.15) is 13.2 Å². The Kier molecular flexibility index (Phi) is 10.4. The Balaban J connectivity index is 2.13. The van der Waals surface area contributed by atoms with Gasteiger partial charge in [0.15, 0.2) is 0 Å². The number of carbonyl (C=O) groups is 2. The monoisotopic (exact) mass is 603 g/mol. The van der Waals surface area contributed by atoms with Gasteiger partial charge in [0, 0.05) is 12.6 Å². The number of hydrogen-bond acceptors (Lipinski definition) is 4. The van der Waals surface area contributed by atoms with Gasteiger partial charge < -0.3 is 10.2 Å². The molecule has 0 bridgehead atoms. The molecule has 42 heavy (non-hydrogen) atoms. The summed E-state index contributed by atoms with van der Waals surface area (Å²) in [5.74, 6) is -1.16. The molecule has 1 N–H and O–H groups in total. The minimum atomic E-state index is -4.74. The SMILES string of the molecule is CCC(C(=O)NC(C)C)N(Cc1cccc(C)c1)C(=O)CN(c1cccc(C(F)(F)F)c1)S(=O)(=O)c1ccc(C)cc1. The van der Waals surface area contributed by atoms with Crippen LogP contribution >= 0.6 is 0 Å². The van der Waals surface area contributed by atoms with Crippen LogP contribution in [0.15, 0.2) is 77.7 Å². The first-order valence-electron chi connectivity index (χ1n) is 13.6. The van der Waals surface area contributed by atoms with Gasteiger partial charge in [0.2, 0.25) is 11.8 Å². The molecular formula is C31H36F3N3O4S. The maximum absolute atomic E-state index is 14.0. The zero-order valence-corrected chi connectivity index (χ0v) is 25.1. The van der Waals surface area contributed by atoms with Gasteiger partial charge in [-0.15, -0.1) is 0 Å². The van der Waals surface area contributed by atoms with E-state index < -0.39 is 46.2 Å². The van der Waals surface area contributed by atoms with Crippen LogP contribution in [-0.2, 0) is 32.3 Å². The summed E-state index contributed by atoms with van der Waals surface area (Å²) in [7, 11) is -4.50. The van der Waals surface area contributed by atoms with E-state index >= 15 is 0 Å². The molecule has 11 heteroatoms. The number of aryl methyl sites for hydroxylation is 2. The number of amides is 2. The van der Waals surface area contributed by atoms with Crippen LogP contribution in [0.1, 0.15) is 49.4 Å². The molecule has 0 aliphatic heterocycles. The highest BCUT2D eigenvalue weighted by Crippen LogP contribution is 2.33. The number of nitrogens with zero attached hydrogens (tertiary/aromatic N) is 2. The van der Waals surface area contributed by atoms with Gasteiger partial charge in [0.05, 0.1) is 16.1 Å². The molecule has 3 aromatic rings. The summed E-state index contributed by atoms with van der Waals surface area (Å²) in [6, 6.07) is 15.8. The van der Waals surface area contributed by atoms with Crippen molar-refractivity contribution in [3.63, 3.8) is 0 Å². The molecule has 1 atom stereocenters. The fourth-order valence-electron chi connectivity index (χ4n) is 4.51. The zero-order chi connectivity index (χ0) is 31.2. The molecule has 0 aromatic heterocycles. The highest BCUT2D eigenvalue weighted by Gasteiger charge is 2.36. The average Bonchev–Trinajstić information content (AvgIpc) is 2.91. The van der Waals surface area contributed by atoms with Gasteiger partial charge >= 0.3 is 6.18 Å². The largest absolute Gasteiger partial charge is 0.416 e. The second-order valence-corrected chi connectivity index (χ2v) is 12.3. The third-order valence-electron chi connectivity index (χ3n) is 6.60. The lowest BCUT2D eigenvalue weighted by molar-refractivity contribution is -0.140. The number of alkyl halides is 3. The predicted octanol–water partition coefficient (Wildman–Crippen LogP) is 5.85. The lowest BCUT2D eigenvalue weighted by atomic mass is 10.1. The summed E-state index contributed by atoms with van der Waals surface area (Å²) >= 11 is 0. The molecular weight excluding hydrogens is 567 g/mol. The van der Waals surface area contributed by atoms with Crippen LogP contribution in [0.3, 0.4) is 0 Å². The Morgan fingerprint density at radius 2 is 1.55 bits per heavy atom. The van der Waals surface area contributed by atoms with E-state index in [0.29, 0.717) is 15.9 Å². The van der Waals surface area contributed by atoms with Crippen molar-refractivity contribution in [3.8, 4) is 0 Å². The van der Waals surface area contributed by atoms with Crippen LogP contribution in [0.4, 0.5) is 18.9 Å². The lowest BCUT2D eigenvalue weighted by Gasteiger charge is -2.33. The van der Waals surface area contributed by atoms with Crippen LogP contribution < -0.4 is 9.62 Å². The summed E-state index contributed by atoms with van der Waals surface area (Å²) < 4.78 is 69.3. The van der Waals surface area contributed by atoms with Crippen LogP contribution in [-0.4, -0.2) is 43.8 Å². The molecule has 3 rings (SSSR count). The quantitative estimate of drug-likeness (QED) is 0.298. The van der Waals surface area contributed by atoms with E-state index in [1.165, 1.54) is 23.1 Å². The Morgan fingerprint density at radius 1 is 0.905 bits per heavy atom. The van der Waals surface area contributed by atoms with Gasteiger partial charge in [0.25, 0.3) is 10.0 Å². The van der Waals surface area contributed by atoms with E-state index in [1.54, 1.807) is 52.0 Å². The molecule has 0 aliphatic carbocycles. The minimum Gasteiger partial charge on any atom is -0.352 e. The van der Waals surface area contributed by atoms with Crippen LogP contribution in [0.2, 0.25) is 0 Å². The zero-order valence-electron chi connectivity index (χ0n) is 24.3. The first kappa shape index (κ1) is 32.7. The maximum atomic E-state index is 14.0. The van der Waals surface area contributed by atoms with Crippen molar-refractivity contribution >= 4 is 27.5 Å². The fraction of sp³-hybridized carbons (Fsp3) is 0.355. The summed E-state index contributed by atoms with van der Waals surface area (Å²) in [6.07, 6.45) is -4.51. The van der Waals surface area contributed by atoms with E-state index in [0.717, 1.165) is 23.3 Å². The van der Waals surface area contributed by atoms with E-state index in [-0.39, 0.29) is 29.6 Å². The highest BCUT2D eigenvalue weighted by molar-refractivity contribution is 7.92. The van der Waals surface area contributed by atoms with Crippen molar-refractivity contribution in [2.45, 2.75) is 70.7 Å². The van der Waals surface area contributed by atoms with Crippen molar-refractivity contribution in [1.29, 1.82) is 0 Å².